The molecule has 0 bridgehead atoms. The summed E-state index contributed by atoms with van der Waals surface area (Å²) in [4.78, 5) is 11.9. The fourth-order valence-corrected chi connectivity index (χ4v) is 2.47. The first kappa shape index (κ1) is 14.7. The number of hydrogen-bond acceptors (Lipinski definition) is 1. The van der Waals surface area contributed by atoms with Crippen LogP contribution in [0.4, 0.5) is 8.78 Å². The Bertz CT molecular complexity index is 573. The Morgan fingerprint density at radius 2 is 1.90 bits per heavy atom. The molecule has 0 aliphatic carbocycles. The topological polar surface area (TPSA) is 29.1 Å². The number of amides is 1. The molecule has 1 N–H and O–H groups in total. The Labute approximate surface area is 117 Å². The molecular weight excluding hydrogens is 260 g/mol. The maximum absolute atomic E-state index is 14.2. The minimum absolute atomic E-state index is 0.125. The molecule has 1 fully saturated rings. The van der Waals surface area contributed by atoms with Crippen molar-refractivity contribution in [3.63, 3.8) is 0 Å². The van der Waals surface area contributed by atoms with Gasteiger partial charge in [0.15, 0.2) is 0 Å². The van der Waals surface area contributed by atoms with Gasteiger partial charge < -0.3 is 5.32 Å². The number of piperidine rings is 1. The van der Waals surface area contributed by atoms with Gasteiger partial charge in [-0.2, -0.15) is 0 Å². The molecule has 1 unspecified atom stereocenters. The number of halogens is 2. The van der Waals surface area contributed by atoms with Crippen molar-refractivity contribution in [2.75, 3.05) is 0 Å². The van der Waals surface area contributed by atoms with Crippen LogP contribution in [0.5, 0.6) is 0 Å². The van der Waals surface area contributed by atoms with Gasteiger partial charge in [0.25, 0.3) is 0 Å². The molecule has 0 spiro atoms. The van der Waals surface area contributed by atoms with Crippen LogP contribution < -0.4 is 5.32 Å². The zero-order valence-electron chi connectivity index (χ0n) is 12.0. The number of benzene rings is 1. The third kappa shape index (κ3) is 2.74. The molecular formula is C16H19F2NO. The van der Waals surface area contributed by atoms with Gasteiger partial charge in [-0.15, -0.1) is 0 Å². The van der Waals surface area contributed by atoms with Crippen LogP contribution in [0, 0.1) is 11.6 Å². The van der Waals surface area contributed by atoms with E-state index in [1.165, 1.54) is 6.07 Å². The smallest absolute Gasteiger partial charge is 0.231 e. The largest absolute Gasteiger partial charge is 0.330 e. The van der Waals surface area contributed by atoms with Gasteiger partial charge >= 0.3 is 0 Å². The van der Waals surface area contributed by atoms with E-state index in [1.807, 2.05) is 20.8 Å². The molecule has 1 aliphatic heterocycles. The lowest BCUT2D eigenvalue weighted by Crippen LogP contribution is -2.33. The number of nitrogens with one attached hydrogen (secondary N) is 1. The van der Waals surface area contributed by atoms with Gasteiger partial charge in [-0.05, 0) is 36.0 Å². The second kappa shape index (κ2) is 5.00. The van der Waals surface area contributed by atoms with Gasteiger partial charge in [0.1, 0.15) is 11.6 Å². The Morgan fingerprint density at radius 3 is 2.45 bits per heavy atom. The SMILES string of the molecule is C=C1CCC(c2cc(F)c(C(C)(C)C)cc2F)C(=O)N1. The molecule has 2 rings (SSSR count). The summed E-state index contributed by atoms with van der Waals surface area (Å²) in [6.07, 6.45) is 1.04. The molecule has 2 nitrogen and oxygen atoms in total. The van der Waals surface area contributed by atoms with E-state index in [2.05, 4.69) is 11.9 Å². The molecule has 108 valence electrons. The first-order chi connectivity index (χ1) is 9.20. The predicted molar refractivity (Wildman–Crippen MR) is 74.3 cm³/mol. The average Bonchev–Trinajstić information content (AvgIpc) is 2.31. The van der Waals surface area contributed by atoms with Gasteiger partial charge in [0.2, 0.25) is 5.91 Å². The van der Waals surface area contributed by atoms with Crippen molar-refractivity contribution in [1.29, 1.82) is 0 Å². The van der Waals surface area contributed by atoms with Crippen LogP contribution in [0.15, 0.2) is 24.4 Å². The third-order valence-corrected chi connectivity index (χ3v) is 3.62. The van der Waals surface area contributed by atoms with Crippen molar-refractivity contribution in [1.82, 2.24) is 5.32 Å². The highest BCUT2D eigenvalue weighted by Gasteiger charge is 2.30. The van der Waals surface area contributed by atoms with Crippen LogP contribution >= 0.6 is 0 Å². The highest BCUT2D eigenvalue weighted by Crippen LogP contribution is 2.33. The van der Waals surface area contributed by atoms with Crippen molar-refractivity contribution in [2.24, 2.45) is 0 Å². The average molecular weight is 279 g/mol. The standard InChI is InChI=1S/C16H19F2NO/c1-9-5-6-10(15(20)19-9)11-7-14(18)12(8-13(11)17)16(2,3)4/h7-8,10H,1,5-6H2,2-4H3,(H,19,20). The molecule has 1 heterocycles. The van der Waals surface area contributed by atoms with Crippen LogP contribution in [-0.4, -0.2) is 5.91 Å². The number of carbonyl (C=O) groups excluding carboxylic acids is 1. The molecule has 1 saturated heterocycles. The maximum atomic E-state index is 14.2. The third-order valence-electron chi connectivity index (χ3n) is 3.62. The summed E-state index contributed by atoms with van der Waals surface area (Å²) in [5.41, 5.74) is 0.588. The van der Waals surface area contributed by atoms with E-state index < -0.39 is 23.0 Å². The minimum atomic E-state index is -0.649. The molecule has 1 aliphatic rings. The fourth-order valence-electron chi connectivity index (χ4n) is 2.47. The number of allylic oxidation sites excluding steroid dienone is 1. The van der Waals surface area contributed by atoms with Crippen molar-refractivity contribution >= 4 is 5.91 Å². The number of rotatable bonds is 1. The van der Waals surface area contributed by atoms with E-state index in [-0.39, 0.29) is 11.5 Å². The van der Waals surface area contributed by atoms with Crippen molar-refractivity contribution in [3.05, 3.63) is 47.2 Å². The summed E-state index contributed by atoms with van der Waals surface area (Å²) in [6, 6.07) is 2.37. The van der Waals surface area contributed by atoms with Crippen LogP contribution in [-0.2, 0) is 10.2 Å². The Balaban J connectivity index is 2.42. The molecule has 0 aromatic heterocycles. The van der Waals surface area contributed by atoms with Gasteiger partial charge in [0, 0.05) is 11.3 Å². The summed E-state index contributed by atoms with van der Waals surface area (Å²) in [5, 5.41) is 2.60. The van der Waals surface area contributed by atoms with Crippen LogP contribution in [0.2, 0.25) is 0 Å². The lowest BCUT2D eigenvalue weighted by Gasteiger charge is -2.26. The van der Waals surface area contributed by atoms with Crippen LogP contribution in [0.25, 0.3) is 0 Å². The van der Waals surface area contributed by atoms with Crippen molar-refractivity contribution in [3.8, 4) is 0 Å². The van der Waals surface area contributed by atoms with E-state index in [0.29, 0.717) is 24.1 Å². The highest BCUT2D eigenvalue weighted by atomic mass is 19.1. The molecule has 0 radical (unpaired) electrons. The lowest BCUT2D eigenvalue weighted by molar-refractivity contribution is -0.122. The van der Waals surface area contributed by atoms with E-state index in [1.54, 1.807) is 0 Å². The fraction of sp³-hybridized carbons (Fsp3) is 0.438. The molecule has 1 aromatic rings. The van der Waals surface area contributed by atoms with E-state index in [0.717, 1.165) is 6.07 Å². The summed E-state index contributed by atoms with van der Waals surface area (Å²) < 4.78 is 28.4. The highest BCUT2D eigenvalue weighted by molar-refractivity contribution is 5.86. The normalized spacial score (nSPS) is 19.9. The second-order valence-electron chi connectivity index (χ2n) is 6.29. The summed E-state index contributed by atoms with van der Waals surface area (Å²) in [5.74, 6) is -1.96. The second-order valence-corrected chi connectivity index (χ2v) is 6.29. The molecule has 1 aromatic carbocycles. The maximum Gasteiger partial charge on any atom is 0.231 e. The first-order valence-electron chi connectivity index (χ1n) is 6.68. The quantitative estimate of drug-likeness (QED) is 0.833. The summed E-state index contributed by atoms with van der Waals surface area (Å²) in [7, 11) is 0. The van der Waals surface area contributed by atoms with Crippen molar-refractivity contribution in [2.45, 2.75) is 44.9 Å². The number of hydrogen-bond donors (Lipinski definition) is 1. The number of carbonyl (C=O) groups is 1. The molecule has 1 atom stereocenters. The van der Waals surface area contributed by atoms with Gasteiger partial charge in [-0.1, -0.05) is 27.4 Å². The molecule has 0 saturated carbocycles. The lowest BCUT2D eigenvalue weighted by atomic mass is 9.83. The molecule has 20 heavy (non-hydrogen) atoms. The van der Waals surface area contributed by atoms with Crippen LogP contribution in [0.1, 0.15) is 50.7 Å². The van der Waals surface area contributed by atoms with Gasteiger partial charge in [-0.3, -0.25) is 4.79 Å². The predicted octanol–water partition coefficient (Wildman–Crippen LogP) is 3.77. The zero-order valence-corrected chi connectivity index (χ0v) is 12.0. The van der Waals surface area contributed by atoms with Gasteiger partial charge in [-0.25, -0.2) is 8.78 Å². The Kier molecular flexibility index (Phi) is 3.67. The van der Waals surface area contributed by atoms with E-state index in [9.17, 15) is 13.6 Å². The monoisotopic (exact) mass is 279 g/mol. The first-order valence-corrected chi connectivity index (χ1v) is 6.68. The van der Waals surface area contributed by atoms with Crippen molar-refractivity contribution < 1.29 is 13.6 Å². The summed E-state index contributed by atoms with van der Waals surface area (Å²) >= 11 is 0. The Morgan fingerprint density at radius 1 is 1.25 bits per heavy atom. The Hall–Kier alpha value is -1.71. The van der Waals surface area contributed by atoms with Crippen LogP contribution in [0.3, 0.4) is 0 Å². The summed E-state index contributed by atoms with van der Waals surface area (Å²) in [6.45, 7) is 9.14. The minimum Gasteiger partial charge on any atom is -0.330 e. The van der Waals surface area contributed by atoms with Gasteiger partial charge in [0.05, 0.1) is 5.92 Å². The molecule has 4 heteroatoms. The molecule has 1 amide bonds. The van der Waals surface area contributed by atoms with E-state index in [4.69, 9.17) is 0 Å². The zero-order chi connectivity index (χ0) is 15.1. The van der Waals surface area contributed by atoms with E-state index >= 15 is 0 Å².